The van der Waals surface area contributed by atoms with Crippen molar-refractivity contribution in [3.63, 3.8) is 0 Å². The zero-order chi connectivity index (χ0) is 10.8. The number of aromatic nitrogens is 3. The Morgan fingerprint density at radius 1 is 1.60 bits per heavy atom. The average Bonchev–Trinajstić information content (AvgIpc) is 2.75. The first-order valence-electron chi connectivity index (χ1n) is 4.74. The molecule has 4 nitrogen and oxygen atoms in total. The zero-order valence-corrected chi connectivity index (χ0v) is 9.53. The molecule has 1 atom stereocenters. The van der Waals surface area contributed by atoms with Crippen molar-refractivity contribution < 1.29 is 5.11 Å². The molecule has 0 aliphatic rings. The number of hydrogen-bond donors (Lipinski definition) is 1. The Bertz CT molecular complexity index is 435. The van der Waals surface area contributed by atoms with Gasteiger partial charge in [-0.2, -0.15) is 5.10 Å². The summed E-state index contributed by atoms with van der Waals surface area (Å²) in [4.78, 5) is 4.15. The van der Waals surface area contributed by atoms with Gasteiger partial charge in [0.05, 0.1) is 16.4 Å². The molecule has 80 valence electrons. The van der Waals surface area contributed by atoms with Gasteiger partial charge in [-0.05, 0) is 13.0 Å². The molecular formula is C10H13N3OS. The zero-order valence-electron chi connectivity index (χ0n) is 8.71. The first kappa shape index (κ1) is 10.3. The number of aryl methyl sites for hydroxylation is 2. The fourth-order valence-corrected chi connectivity index (χ4v) is 2.22. The Balaban J connectivity index is 2.14. The van der Waals surface area contributed by atoms with E-state index in [0.29, 0.717) is 6.42 Å². The lowest BCUT2D eigenvalue weighted by atomic mass is 10.2. The van der Waals surface area contributed by atoms with Crippen molar-refractivity contribution in [1.82, 2.24) is 14.8 Å². The van der Waals surface area contributed by atoms with Crippen molar-refractivity contribution in [3.8, 4) is 0 Å². The first-order chi connectivity index (χ1) is 7.16. The van der Waals surface area contributed by atoms with Gasteiger partial charge >= 0.3 is 0 Å². The summed E-state index contributed by atoms with van der Waals surface area (Å²) in [6.07, 6.45) is 1.78. The SMILES string of the molecule is Cc1cc(C(O)Cc2nccs2)n(C)n1. The van der Waals surface area contributed by atoms with Crippen LogP contribution in [0.2, 0.25) is 0 Å². The van der Waals surface area contributed by atoms with Crippen LogP contribution in [-0.4, -0.2) is 19.9 Å². The van der Waals surface area contributed by atoms with E-state index in [1.165, 1.54) is 0 Å². The molecule has 2 rings (SSSR count). The third-order valence-electron chi connectivity index (χ3n) is 2.23. The molecule has 0 aliphatic carbocycles. The normalized spacial score (nSPS) is 13.0. The van der Waals surface area contributed by atoms with Crippen LogP contribution in [0, 0.1) is 6.92 Å². The number of thiazole rings is 1. The molecule has 0 bridgehead atoms. The van der Waals surface area contributed by atoms with E-state index in [9.17, 15) is 5.11 Å². The number of hydrogen-bond acceptors (Lipinski definition) is 4. The summed E-state index contributed by atoms with van der Waals surface area (Å²) < 4.78 is 1.72. The van der Waals surface area contributed by atoms with Crippen molar-refractivity contribution in [2.45, 2.75) is 19.4 Å². The summed E-state index contributed by atoms with van der Waals surface area (Å²) in [6.45, 7) is 1.92. The minimum absolute atomic E-state index is 0.526. The van der Waals surface area contributed by atoms with Crippen LogP contribution in [0.3, 0.4) is 0 Å². The Labute approximate surface area is 92.2 Å². The number of nitrogens with zero attached hydrogens (tertiary/aromatic N) is 3. The number of rotatable bonds is 3. The topological polar surface area (TPSA) is 50.9 Å². The molecule has 1 unspecified atom stereocenters. The van der Waals surface area contributed by atoms with E-state index < -0.39 is 6.10 Å². The van der Waals surface area contributed by atoms with Crippen LogP contribution in [0.5, 0.6) is 0 Å². The summed E-state index contributed by atoms with van der Waals surface area (Å²) >= 11 is 1.56. The Morgan fingerprint density at radius 2 is 2.40 bits per heavy atom. The van der Waals surface area contributed by atoms with Crippen LogP contribution in [0.15, 0.2) is 17.6 Å². The third kappa shape index (κ3) is 2.24. The van der Waals surface area contributed by atoms with Crippen LogP contribution >= 0.6 is 11.3 Å². The molecule has 15 heavy (non-hydrogen) atoms. The highest BCUT2D eigenvalue weighted by atomic mass is 32.1. The van der Waals surface area contributed by atoms with E-state index in [4.69, 9.17) is 0 Å². The number of aliphatic hydroxyl groups excluding tert-OH is 1. The summed E-state index contributed by atoms with van der Waals surface area (Å²) in [7, 11) is 1.84. The van der Waals surface area contributed by atoms with Gasteiger partial charge in [0, 0.05) is 25.0 Å². The van der Waals surface area contributed by atoms with Crippen LogP contribution in [-0.2, 0) is 13.5 Å². The highest BCUT2D eigenvalue weighted by Crippen LogP contribution is 2.19. The molecule has 0 saturated heterocycles. The van der Waals surface area contributed by atoms with E-state index in [0.717, 1.165) is 16.4 Å². The minimum Gasteiger partial charge on any atom is -0.386 e. The third-order valence-corrected chi connectivity index (χ3v) is 3.03. The molecule has 0 saturated carbocycles. The molecule has 0 amide bonds. The quantitative estimate of drug-likeness (QED) is 0.857. The smallest absolute Gasteiger partial charge is 0.102 e. The fraction of sp³-hybridized carbons (Fsp3) is 0.400. The van der Waals surface area contributed by atoms with E-state index >= 15 is 0 Å². The van der Waals surface area contributed by atoms with Gasteiger partial charge in [0.2, 0.25) is 0 Å². The van der Waals surface area contributed by atoms with Crippen molar-refractivity contribution in [2.75, 3.05) is 0 Å². The standard InChI is InChI=1S/C10H13N3OS/c1-7-5-8(13(2)12-7)9(14)6-10-11-3-4-15-10/h3-5,9,14H,6H2,1-2H3. The van der Waals surface area contributed by atoms with Crippen LogP contribution < -0.4 is 0 Å². The Hall–Kier alpha value is -1.20. The van der Waals surface area contributed by atoms with Gasteiger partial charge in [0.25, 0.3) is 0 Å². The first-order valence-corrected chi connectivity index (χ1v) is 5.62. The highest BCUT2D eigenvalue weighted by molar-refractivity contribution is 7.09. The summed E-state index contributed by atoms with van der Waals surface area (Å²) in [5, 5.41) is 17.1. The molecule has 2 heterocycles. The Kier molecular flexibility index (Phi) is 2.83. The number of aliphatic hydroxyl groups is 1. The maximum atomic E-state index is 9.99. The lowest BCUT2D eigenvalue weighted by Gasteiger charge is -2.08. The van der Waals surface area contributed by atoms with Crippen LogP contribution in [0.1, 0.15) is 22.5 Å². The summed E-state index contributed by atoms with van der Waals surface area (Å²) in [6, 6.07) is 1.90. The van der Waals surface area contributed by atoms with Crippen LogP contribution in [0.25, 0.3) is 0 Å². The molecule has 2 aromatic heterocycles. The molecular weight excluding hydrogens is 210 g/mol. The molecule has 0 radical (unpaired) electrons. The molecule has 5 heteroatoms. The lowest BCUT2D eigenvalue weighted by molar-refractivity contribution is 0.168. The summed E-state index contributed by atoms with van der Waals surface area (Å²) in [5.41, 5.74) is 1.76. The minimum atomic E-state index is -0.526. The van der Waals surface area contributed by atoms with E-state index in [2.05, 4.69) is 10.1 Å². The molecule has 1 N–H and O–H groups in total. The van der Waals surface area contributed by atoms with E-state index in [1.807, 2.05) is 25.4 Å². The largest absolute Gasteiger partial charge is 0.386 e. The van der Waals surface area contributed by atoms with Gasteiger partial charge in [-0.15, -0.1) is 11.3 Å². The maximum absolute atomic E-state index is 9.99. The molecule has 2 aromatic rings. The second-order valence-corrected chi connectivity index (χ2v) is 4.46. The van der Waals surface area contributed by atoms with E-state index in [-0.39, 0.29) is 0 Å². The van der Waals surface area contributed by atoms with Gasteiger partial charge < -0.3 is 5.11 Å². The lowest BCUT2D eigenvalue weighted by Crippen LogP contribution is -2.07. The van der Waals surface area contributed by atoms with E-state index in [1.54, 1.807) is 22.2 Å². The van der Waals surface area contributed by atoms with Gasteiger partial charge in [0.1, 0.15) is 6.10 Å². The second-order valence-electron chi connectivity index (χ2n) is 3.48. The molecule has 0 spiro atoms. The van der Waals surface area contributed by atoms with Crippen molar-refractivity contribution >= 4 is 11.3 Å². The molecule has 0 fully saturated rings. The summed E-state index contributed by atoms with van der Waals surface area (Å²) in [5.74, 6) is 0. The van der Waals surface area contributed by atoms with Crippen molar-refractivity contribution in [2.24, 2.45) is 7.05 Å². The monoisotopic (exact) mass is 223 g/mol. The van der Waals surface area contributed by atoms with Crippen LogP contribution in [0.4, 0.5) is 0 Å². The fourth-order valence-electron chi connectivity index (χ4n) is 1.57. The van der Waals surface area contributed by atoms with Crippen molar-refractivity contribution in [1.29, 1.82) is 0 Å². The molecule has 0 aliphatic heterocycles. The van der Waals surface area contributed by atoms with Gasteiger partial charge in [0.15, 0.2) is 0 Å². The highest BCUT2D eigenvalue weighted by Gasteiger charge is 2.14. The average molecular weight is 223 g/mol. The second kappa shape index (κ2) is 4.12. The molecule has 0 aromatic carbocycles. The van der Waals surface area contributed by atoms with Crippen molar-refractivity contribution in [3.05, 3.63) is 34.0 Å². The van der Waals surface area contributed by atoms with Gasteiger partial charge in [-0.1, -0.05) is 0 Å². The predicted molar refractivity (Wildman–Crippen MR) is 58.7 cm³/mol. The van der Waals surface area contributed by atoms with Gasteiger partial charge in [-0.3, -0.25) is 4.68 Å². The maximum Gasteiger partial charge on any atom is 0.102 e. The Morgan fingerprint density at radius 3 is 2.93 bits per heavy atom. The predicted octanol–water partition coefficient (Wildman–Crippen LogP) is 1.46. The van der Waals surface area contributed by atoms with Gasteiger partial charge in [-0.25, -0.2) is 4.98 Å².